The Labute approximate surface area is 170 Å². The van der Waals surface area contributed by atoms with Gasteiger partial charge in [-0.2, -0.15) is 4.37 Å². The van der Waals surface area contributed by atoms with Crippen LogP contribution in [0.2, 0.25) is 0 Å². The second-order valence-corrected chi connectivity index (χ2v) is 7.29. The third-order valence-electron chi connectivity index (χ3n) is 4.66. The number of aromatic nitrogens is 3. The van der Waals surface area contributed by atoms with Crippen LogP contribution in [-0.2, 0) is 17.9 Å². The van der Waals surface area contributed by atoms with E-state index in [1.165, 1.54) is 4.57 Å². The van der Waals surface area contributed by atoms with Gasteiger partial charge in [0.1, 0.15) is 6.54 Å². The third-order valence-corrected chi connectivity index (χ3v) is 5.27. The van der Waals surface area contributed by atoms with Crippen LogP contribution in [0.25, 0.3) is 11.0 Å². The molecule has 0 saturated carbocycles. The first-order valence-corrected chi connectivity index (χ1v) is 9.85. The zero-order valence-corrected chi connectivity index (χ0v) is 16.5. The first-order valence-electron chi connectivity index (χ1n) is 9.01. The monoisotopic (exact) mass is 406 g/mol. The second kappa shape index (κ2) is 7.84. The maximum Gasteiger partial charge on any atom is 0.332 e. The lowest BCUT2D eigenvalue weighted by molar-refractivity contribution is -0.116. The van der Waals surface area contributed by atoms with E-state index in [0.29, 0.717) is 11.2 Å². The van der Waals surface area contributed by atoms with E-state index in [2.05, 4.69) is 9.69 Å². The Morgan fingerprint density at radius 1 is 1.03 bits per heavy atom. The molecule has 146 valence electrons. The SMILES string of the molecule is Cc1ccccc1NC(=O)Cn1c(=O)n(Cc2ccccc2)c(=O)c2nscc21. The fourth-order valence-electron chi connectivity index (χ4n) is 3.14. The lowest BCUT2D eigenvalue weighted by Gasteiger charge is -2.13. The smallest absolute Gasteiger partial charge is 0.324 e. The van der Waals surface area contributed by atoms with Crippen molar-refractivity contribution in [3.8, 4) is 0 Å². The molecule has 8 heteroatoms. The maximum atomic E-state index is 13.1. The van der Waals surface area contributed by atoms with Gasteiger partial charge in [-0.15, -0.1) is 0 Å². The molecule has 2 aromatic carbocycles. The van der Waals surface area contributed by atoms with Crippen molar-refractivity contribution in [2.75, 3.05) is 5.32 Å². The van der Waals surface area contributed by atoms with Gasteiger partial charge in [-0.25, -0.2) is 4.79 Å². The molecule has 0 fully saturated rings. The van der Waals surface area contributed by atoms with Gasteiger partial charge in [-0.05, 0) is 35.6 Å². The van der Waals surface area contributed by atoms with Gasteiger partial charge in [0.15, 0.2) is 5.52 Å². The van der Waals surface area contributed by atoms with Crippen LogP contribution in [0, 0.1) is 6.92 Å². The quantitative estimate of drug-likeness (QED) is 0.552. The zero-order valence-electron chi connectivity index (χ0n) is 15.7. The van der Waals surface area contributed by atoms with Crippen LogP contribution in [0.4, 0.5) is 5.69 Å². The molecule has 2 aromatic heterocycles. The van der Waals surface area contributed by atoms with E-state index < -0.39 is 11.2 Å². The maximum absolute atomic E-state index is 13.1. The Kier molecular flexibility index (Phi) is 5.09. The molecular weight excluding hydrogens is 388 g/mol. The number of fused-ring (bicyclic) bond motifs is 1. The van der Waals surface area contributed by atoms with Crippen LogP contribution < -0.4 is 16.6 Å². The van der Waals surface area contributed by atoms with E-state index in [4.69, 9.17) is 0 Å². The Bertz CT molecular complexity index is 1310. The summed E-state index contributed by atoms with van der Waals surface area (Å²) in [4.78, 5) is 38.5. The van der Waals surface area contributed by atoms with Crippen LogP contribution >= 0.6 is 11.5 Å². The Balaban J connectivity index is 1.73. The van der Waals surface area contributed by atoms with Crippen molar-refractivity contribution in [3.05, 3.63) is 91.9 Å². The second-order valence-electron chi connectivity index (χ2n) is 6.66. The molecule has 0 unspecified atom stereocenters. The molecule has 7 nitrogen and oxygen atoms in total. The molecule has 0 aliphatic carbocycles. The minimum Gasteiger partial charge on any atom is -0.324 e. The number of aryl methyl sites for hydroxylation is 1. The summed E-state index contributed by atoms with van der Waals surface area (Å²) in [6, 6.07) is 16.6. The van der Waals surface area contributed by atoms with Gasteiger partial charge < -0.3 is 5.32 Å². The molecule has 0 radical (unpaired) electrons. The highest BCUT2D eigenvalue weighted by molar-refractivity contribution is 7.04. The van der Waals surface area contributed by atoms with Crippen LogP contribution in [-0.4, -0.2) is 19.4 Å². The normalized spacial score (nSPS) is 10.9. The summed E-state index contributed by atoms with van der Waals surface area (Å²) >= 11 is 1.08. The molecule has 0 atom stereocenters. The van der Waals surface area contributed by atoms with Gasteiger partial charge >= 0.3 is 5.69 Å². The number of anilines is 1. The standard InChI is InChI=1S/C21H18N4O3S/c1-14-7-5-6-10-16(14)22-18(26)12-24-17-13-29-23-19(17)20(27)25(21(24)28)11-15-8-3-2-4-9-15/h2-10,13H,11-12H2,1H3,(H,22,26). The molecule has 4 aromatic rings. The fraction of sp³-hybridized carbons (Fsp3) is 0.143. The summed E-state index contributed by atoms with van der Waals surface area (Å²) in [6.07, 6.45) is 0. The highest BCUT2D eigenvalue weighted by Crippen LogP contribution is 2.14. The Morgan fingerprint density at radius 3 is 2.52 bits per heavy atom. The largest absolute Gasteiger partial charge is 0.332 e. The van der Waals surface area contributed by atoms with E-state index in [9.17, 15) is 14.4 Å². The average molecular weight is 406 g/mol. The number of nitrogens with one attached hydrogen (secondary N) is 1. The summed E-state index contributed by atoms with van der Waals surface area (Å²) < 4.78 is 6.57. The summed E-state index contributed by atoms with van der Waals surface area (Å²) in [7, 11) is 0. The molecule has 0 bridgehead atoms. The minimum absolute atomic E-state index is 0.116. The van der Waals surface area contributed by atoms with Gasteiger partial charge in [0.05, 0.1) is 12.1 Å². The van der Waals surface area contributed by atoms with Gasteiger partial charge in [0, 0.05) is 11.1 Å². The topological polar surface area (TPSA) is 86.0 Å². The van der Waals surface area contributed by atoms with Crippen LogP contribution in [0.3, 0.4) is 0 Å². The number of carbonyl (C=O) groups is 1. The first-order chi connectivity index (χ1) is 14.0. The summed E-state index contributed by atoms with van der Waals surface area (Å²) in [5, 5.41) is 4.44. The number of hydrogen-bond acceptors (Lipinski definition) is 5. The molecule has 2 heterocycles. The number of para-hydroxylation sites is 1. The average Bonchev–Trinajstić information content (AvgIpc) is 3.21. The molecule has 0 aliphatic heterocycles. The highest BCUT2D eigenvalue weighted by atomic mass is 32.1. The minimum atomic E-state index is -0.536. The summed E-state index contributed by atoms with van der Waals surface area (Å²) in [5.41, 5.74) is 1.99. The van der Waals surface area contributed by atoms with Crippen molar-refractivity contribution in [2.45, 2.75) is 20.0 Å². The molecule has 0 spiro atoms. The molecule has 0 aliphatic rings. The van der Waals surface area contributed by atoms with E-state index in [1.54, 1.807) is 11.4 Å². The lowest BCUT2D eigenvalue weighted by atomic mass is 10.2. The number of amides is 1. The molecule has 4 rings (SSSR count). The summed E-state index contributed by atoms with van der Waals surface area (Å²) in [6.45, 7) is 1.80. The molecule has 1 N–H and O–H groups in total. The Morgan fingerprint density at radius 2 is 1.76 bits per heavy atom. The predicted molar refractivity (Wildman–Crippen MR) is 113 cm³/mol. The number of rotatable bonds is 5. The van der Waals surface area contributed by atoms with E-state index in [-0.39, 0.29) is 24.5 Å². The molecule has 1 amide bonds. The van der Waals surface area contributed by atoms with Crippen molar-refractivity contribution < 1.29 is 4.79 Å². The molecule has 29 heavy (non-hydrogen) atoms. The fourth-order valence-corrected chi connectivity index (χ4v) is 3.81. The predicted octanol–water partition coefficient (Wildman–Crippen LogP) is 2.62. The van der Waals surface area contributed by atoms with Crippen molar-refractivity contribution in [3.63, 3.8) is 0 Å². The third kappa shape index (κ3) is 3.74. The van der Waals surface area contributed by atoms with E-state index in [1.807, 2.05) is 55.5 Å². The number of benzene rings is 2. The zero-order chi connectivity index (χ0) is 20.4. The van der Waals surface area contributed by atoms with Crippen LogP contribution in [0.1, 0.15) is 11.1 Å². The number of hydrogen-bond donors (Lipinski definition) is 1. The van der Waals surface area contributed by atoms with Crippen molar-refractivity contribution in [1.82, 2.24) is 13.5 Å². The van der Waals surface area contributed by atoms with E-state index in [0.717, 1.165) is 27.2 Å². The number of nitrogens with zero attached hydrogens (tertiary/aromatic N) is 3. The van der Waals surface area contributed by atoms with Crippen LogP contribution in [0.5, 0.6) is 0 Å². The lowest BCUT2D eigenvalue weighted by Crippen LogP contribution is -2.41. The molecular formula is C21H18N4O3S. The van der Waals surface area contributed by atoms with Crippen molar-refractivity contribution >= 4 is 34.2 Å². The van der Waals surface area contributed by atoms with Crippen LogP contribution in [0.15, 0.2) is 69.6 Å². The summed E-state index contributed by atoms with van der Waals surface area (Å²) in [5.74, 6) is -0.348. The van der Waals surface area contributed by atoms with E-state index >= 15 is 0 Å². The van der Waals surface area contributed by atoms with Crippen molar-refractivity contribution in [1.29, 1.82) is 0 Å². The van der Waals surface area contributed by atoms with Gasteiger partial charge in [0.2, 0.25) is 5.91 Å². The van der Waals surface area contributed by atoms with Gasteiger partial charge in [-0.1, -0.05) is 48.5 Å². The molecule has 0 saturated heterocycles. The van der Waals surface area contributed by atoms with Gasteiger partial charge in [-0.3, -0.25) is 18.7 Å². The Hall–Kier alpha value is -3.52. The first kappa shape index (κ1) is 18.8. The van der Waals surface area contributed by atoms with Crippen molar-refractivity contribution in [2.24, 2.45) is 0 Å². The van der Waals surface area contributed by atoms with Gasteiger partial charge in [0.25, 0.3) is 5.56 Å². The number of carbonyl (C=O) groups excluding carboxylic acids is 1. The highest BCUT2D eigenvalue weighted by Gasteiger charge is 2.17.